The molecule has 220 valence electrons. The van der Waals surface area contributed by atoms with Crippen molar-refractivity contribution < 1.29 is 9.53 Å². The number of thioether (sulfide) groups is 1. The molecule has 1 spiro atoms. The second kappa shape index (κ2) is 12.0. The molecule has 6 unspecified atom stereocenters. The van der Waals surface area contributed by atoms with Gasteiger partial charge in [-0.05, 0) is 81.8 Å². The molecule has 7 atom stereocenters. The molecule has 1 aliphatic carbocycles. The van der Waals surface area contributed by atoms with Crippen molar-refractivity contribution >= 4 is 17.7 Å². The van der Waals surface area contributed by atoms with E-state index in [1.54, 1.807) is 5.56 Å². The molecular formula is C31H48N6O2S. The van der Waals surface area contributed by atoms with Gasteiger partial charge in [0.1, 0.15) is 0 Å². The Morgan fingerprint density at radius 1 is 1.25 bits per heavy atom. The Morgan fingerprint density at radius 2 is 2.12 bits per heavy atom. The molecule has 40 heavy (non-hydrogen) atoms. The summed E-state index contributed by atoms with van der Waals surface area (Å²) in [6, 6.07) is 7.69. The lowest BCUT2D eigenvalue weighted by atomic mass is 9.72. The molecule has 1 aromatic rings. The normalized spacial score (nSPS) is 36.8. The first-order valence-electron chi connectivity index (χ1n) is 15.3. The fourth-order valence-corrected chi connectivity index (χ4v) is 9.56. The summed E-state index contributed by atoms with van der Waals surface area (Å²) in [5.41, 5.74) is 10.7. The van der Waals surface area contributed by atoms with Crippen molar-refractivity contribution in [2.45, 2.75) is 86.6 Å². The van der Waals surface area contributed by atoms with Gasteiger partial charge in [0.25, 0.3) is 0 Å². The van der Waals surface area contributed by atoms with E-state index in [0.717, 1.165) is 38.4 Å². The zero-order valence-electron chi connectivity index (χ0n) is 24.3. The number of ether oxygens (including phenoxy) is 1. The Morgan fingerprint density at radius 3 is 2.90 bits per heavy atom. The van der Waals surface area contributed by atoms with Crippen LogP contribution in [-0.2, 0) is 21.7 Å². The second-order valence-electron chi connectivity index (χ2n) is 12.8. The van der Waals surface area contributed by atoms with Crippen LogP contribution in [-0.4, -0.2) is 102 Å². The molecule has 9 heteroatoms. The van der Waals surface area contributed by atoms with E-state index in [9.17, 15) is 4.79 Å². The second-order valence-corrected chi connectivity index (χ2v) is 14.2. The van der Waals surface area contributed by atoms with Crippen LogP contribution in [0.5, 0.6) is 0 Å². The number of likely N-dealkylation sites (tertiary alicyclic amines) is 1. The molecule has 0 aromatic heterocycles. The van der Waals surface area contributed by atoms with Crippen LogP contribution in [0.2, 0.25) is 0 Å². The van der Waals surface area contributed by atoms with Crippen molar-refractivity contribution in [1.82, 2.24) is 25.3 Å². The predicted molar refractivity (Wildman–Crippen MR) is 162 cm³/mol. The summed E-state index contributed by atoms with van der Waals surface area (Å²) in [7, 11) is 2.21. The van der Waals surface area contributed by atoms with Crippen LogP contribution in [0.1, 0.15) is 48.8 Å². The average molecular weight is 569 g/mol. The van der Waals surface area contributed by atoms with Gasteiger partial charge in [-0.15, -0.1) is 11.8 Å². The van der Waals surface area contributed by atoms with Crippen LogP contribution in [0, 0.1) is 12.8 Å². The zero-order chi connectivity index (χ0) is 27.9. The molecular weight excluding hydrogens is 520 g/mol. The molecule has 0 radical (unpaired) electrons. The molecule has 6 rings (SSSR count). The summed E-state index contributed by atoms with van der Waals surface area (Å²) in [6.07, 6.45) is 8.64. The monoisotopic (exact) mass is 568 g/mol. The fourth-order valence-electron chi connectivity index (χ4n) is 8.02. The third-order valence-corrected chi connectivity index (χ3v) is 12.0. The molecule has 4 aliphatic heterocycles. The van der Waals surface area contributed by atoms with E-state index < -0.39 is 0 Å². The number of nitrogens with zero attached hydrogens (tertiary/aromatic N) is 3. The number of nitrogens with one attached hydrogen (secondary N) is 2. The van der Waals surface area contributed by atoms with Gasteiger partial charge in [-0.2, -0.15) is 0 Å². The number of carbonyl (C=O) groups excluding carboxylic acids is 1. The van der Waals surface area contributed by atoms with Crippen LogP contribution >= 0.6 is 11.8 Å². The maximum absolute atomic E-state index is 12.5. The van der Waals surface area contributed by atoms with E-state index in [0.29, 0.717) is 31.1 Å². The van der Waals surface area contributed by atoms with Crippen molar-refractivity contribution in [3.05, 3.63) is 47.5 Å². The number of piperazine rings is 1. The minimum atomic E-state index is -0.179. The van der Waals surface area contributed by atoms with Gasteiger partial charge in [0.2, 0.25) is 5.91 Å². The Hall–Kier alpha value is -1.46. The summed E-state index contributed by atoms with van der Waals surface area (Å²) in [5.74, 6) is 1.58. The van der Waals surface area contributed by atoms with Crippen LogP contribution in [0.15, 0.2) is 30.9 Å². The lowest BCUT2D eigenvalue weighted by molar-refractivity contribution is -0.135. The van der Waals surface area contributed by atoms with Crippen LogP contribution in [0.25, 0.3) is 0 Å². The minimum absolute atomic E-state index is 0.00389. The first-order chi connectivity index (χ1) is 19.4. The molecule has 3 saturated heterocycles. The van der Waals surface area contributed by atoms with E-state index in [2.05, 4.69) is 70.9 Å². The molecule has 1 amide bonds. The van der Waals surface area contributed by atoms with E-state index in [1.807, 2.05) is 4.90 Å². The molecule has 1 aromatic carbocycles. The van der Waals surface area contributed by atoms with Crippen LogP contribution < -0.4 is 16.4 Å². The highest BCUT2D eigenvalue weighted by atomic mass is 32.2. The smallest absolute Gasteiger partial charge is 0.246 e. The van der Waals surface area contributed by atoms with Crippen molar-refractivity contribution in [3.63, 3.8) is 0 Å². The summed E-state index contributed by atoms with van der Waals surface area (Å²) < 4.78 is 6.87. The van der Waals surface area contributed by atoms with Gasteiger partial charge in [-0.25, -0.2) is 0 Å². The van der Waals surface area contributed by atoms with E-state index >= 15 is 0 Å². The maximum atomic E-state index is 12.5. The topological polar surface area (TPSA) is 86.1 Å². The number of amides is 1. The predicted octanol–water partition coefficient (Wildman–Crippen LogP) is 2.26. The highest BCUT2D eigenvalue weighted by Crippen LogP contribution is 2.50. The van der Waals surface area contributed by atoms with E-state index in [4.69, 9.17) is 10.5 Å². The van der Waals surface area contributed by atoms with Crippen molar-refractivity contribution in [1.29, 1.82) is 0 Å². The van der Waals surface area contributed by atoms with Gasteiger partial charge in [0.15, 0.2) is 6.35 Å². The van der Waals surface area contributed by atoms with E-state index in [-0.39, 0.29) is 29.2 Å². The average Bonchev–Trinajstić information content (AvgIpc) is 3.39. The van der Waals surface area contributed by atoms with Crippen molar-refractivity contribution in [2.24, 2.45) is 11.7 Å². The lowest BCUT2D eigenvalue weighted by Gasteiger charge is -2.56. The number of aryl methyl sites for hydroxylation is 1. The number of rotatable bonds is 6. The highest BCUT2D eigenvalue weighted by molar-refractivity contribution is 8.00. The van der Waals surface area contributed by atoms with Crippen molar-refractivity contribution in [2.75, 3.05) is 46.4 Å². The fraction of sp³-hybridized carbons (Fsp3) is 0.710. The zero-order valence-corrected chi connectivity index (χ0v) is 25.1. The Balaban J connectivity index is 1.20. The lowest BCUT2D eigenvalue weighted by Crippen LogP contribution is -2.73. The molecule has 4 heterocycles. The molecule has 8 nitrogen and oxygen atoms in total. The van der Waals surface area contributed by atoms with Gasteiger partial charge in [0.05, 0.1) is 18.8 Å². The Bertz CT molecular complexity index is 1090. The standard InChI is InChI=1S/C31H48N6O2S/c1-4-28(38)37-14-13-36(18-24(37)17-32)29-25-10-11-31(15-26-21(2)7-5-8-22(26)20-40-31)16-27(25)33-30(34-29)39-19-23-9-6-12-35(23)3/h4-5,7-8,23-25,27,29-30,33-34H,1,6,9-20,32H2,2-3H3/t23?,24?,25?,27?,29?,30?,31-/m0/s1. The minimum Gasteiger partial charge on any atom is -0.348 e. The molecule has 5 aliphatic rings. The van der Waals surface area contributed by atoms with Gasteiger partial charge >= 0.3 is 0 Å². The number of hydrogen-bond acceptors (Lipinski definition) is 8. The summed E-state index contributed by atoms with van der Waals surface area (Å²) in [6.45, 7) is 10.6. The Kier molecular flexibility index (Phi) is 8.62. The van der Waals surface area contributed by atoms with Crippen LogP contribution in [0.3, 0.4) is 0 Å². The molecule has 0 bridgehead atoms. The summed E-state index contributed by atoms with van der Waals surface area (Å²) in [4.78, 5) is 19.4. The highest BCUT2D eigenvalue weighted by Gasteiger charge is 2.50. The van der Waals surface area contributed by atoms with Gasteiger partial charge in [-0.1, -0.05) is 24.8 Å². The molecule has 1 saturated carbocycles. The van der Waals surface area contributed by atoms with Gasteiger partial charge in [-0.3, -0.25) is 20.3 Å². The third-order valence-electron chi connectivity index (χ3n) is 10.4. The SMILES string of the molecule is C=CC(=O)N1CCN(C2NC(OCC3CCCN3C)NC3C[C@]4(CCC32)Cc2c(C)cccc2CS4)CC1CN. The van der Waals surface area contributed by atoms with Crippen molar-refractivity contribution in [3.8, 4) is 0 Å². The molecule has 4 fully saturated rings. The number of benzene rings is 1. The van der Waals surface area contributed by atoms with Gasteiger partial charge in [0, 0.05) is 54.7 Å². The third kappa shape index (κ3) is 5.63. The first kappa shape index (κ1) is 28.6. The first-order valence-corrected chi connectivity index (χ1v) is 16.3. The summed E-state index contributed by atoms with van der Waals surface area (Å²) >= 11 is 2.18. The number of hydrogen-bond donors (Lipinski definition) is 3. The quantitative estimate of drug-likeness (QED) is 0.451. The number of carbonyl (C=O) groups is 1. The van der Waals surface area contributed by atoms with Gasteiger partial charge < -0.3 is 20.3 Å². The number of fused-ring (bicyclic) bond motifs is 2. The molecule has 4 N–H and O–H groups in total. The summed E-state index contributed by atoms with van der Waals surface area (Å²) in [5, 5.41) is 7.82. The number of nitrogens with two attached hydrogens (primary N) is 1. The van der Waals surface area contributed by atoms with Crippen LogP contribution in [0.4, 0.5) is 0 Å². The maximum Gasteiger partial charge on any atom is 0.246 e. The number of likely N-dealkylation sites (N-methyl/N-ethyl adjacent to an activating group) is 1. The largest absolute Gasteiger partial charge is 0.348 e. The van der Waals surface area contributed by atoms with E-state index in [1.165, 1.54) is 49.3 Å². The Labute approximate surface area is 244 Å².